The molecule has 4 nitrogen and oxygen atoms in total. The van der Waals surface area contributed by atoms with Crippen molar-refractivity contribution in [1.29, 1.82) is 0 Å². The van der Waals surface area contributed by atoms with Gasteiger partial charge in [-0.3, -0.25) is 9.69 Å². The maximum atomic E-state index is 13.9. The largest absolute Gasteiger partial charge is 0.416 e. The van der Waals surface area contributed by atoms with Crippen LogP contribution in [-0.4, -0.2) is 53.0 Å². The standard InChI is InChI=1S/C33H37F7N2O2/c1-19(22-13-24(32(35,36)37)17-25(14-22)33(38,39)40)44-28-18-42-27(30(28)21-5-7-26(34)8-6-21)15-23(16-29(42)43)20-9-11-41(12-10-20)31(2,3)4/h5-8,13-15,17,19-20,27-28,30H,9-12,16,18H2,1-4H3/t19-,27?,28?,30+/m1/s1. The number of carbonyl (C=O) groups excluding carboxylic acids is 1. The second-order valence-corrected chi connectivity index (χ2v) is 13.1. The third kappa shape index (κ3) is 6.83. The van der Waals surface area contributed by atoms with Crippen LogP contribution in [0.2, 0.25) is 0 Å². The van der Waals surface area contributed by atoms with Gasteiger partial charge in [0.2, 0.25) is 5.91 Å². The first-order chi connectivity index (χ1) is 20.4. The van der Waals surface area contributed by atoms with Crippen LogP contribution in [0.15, 0.2) is 54.1 Å². The molecular formula is C33H37F7N2O2. The number of likely N-dealkylation sites (tertiary alicyclic amines) is 1. The molecule has 2 aromatic carbocycles. The molecule has 0 aromatic heterocycles. The number of ether oxygens (including phenoxy) is 1. The molecule has 2 saturated heterocycles. The summed E-state index contributed by atoms with van der Waals surface area (Å²) < 4.78 is 101. The summed E-state index contributed by atoms with van der Waals surface area (Å²) in [4.78, 5) is 17.6. The Morgan fingerprint density at radius 2 is 1.45 bits per heavy atom. The molecule has 0 N–H and O–H groups in total. The molecule has 3 aliphatic rings. The monoisotopic (exact) mass is 626 g/mol. The van der Waals surface area contributed by atoms with Crippen molar-refractivity contribution >= 4 is 5.91 Å². The molecule has 2 fully saturated rings. The van der Waals surface area contributed by atoms with Crippen molar-refractivity contribution in [3.8, 4) is 0 Å². The smallest absolute Gasteiger partial charge is 0.368 e. The Hall–Kier alpha value is -2.92. The zero-order valence-electron chi connectivity index (χ0n) is 25.1. The van der Waals surface area contributed by atoms with Gasteiger partial charge >= 0.3 is 12.4 Å². The maximum absolute atomic E-state index is 13.9. The summed E-state index contributed by atoms with van der Waals surface area (Å²) in [5.74, 6) is -0.840. The van der Waals surface area contributed by atoms with Crippen LogP contribution in [0.25, 0.3) is 0 Å². The number of rotatable bonds is 5. The number of carbonyl (C=O) groups is 1. The third-order valence-electron chi connectivity index (χ3n) is 9.25. The van der Waals surface area contributed by atoms with Gasteiger partial charge in [-0.1, -0.05) is 23.8 Å². The van der Waals surface area contributed by atoms with Gasteiger partial charge in [0, 0.05) is 24.4 Å². The second-order valence-electron chi connectivity index (χ2n) is 13.1. The van der Waals surface area contributed by atoms with Crippen LogP contribution in [0.3, 0.4) is 0 Å². The number of piperidine rings is 1. The lowest BCUT2D eigenvalue weighted by Crippen LogP contribution is -2.47. The van der Waals surface area contributed by atoms with Gasteiger partial charge < -0.3 is 9.64 Å². The summed E-state index contributed by atoms with van der Waals surface area (Å²) in [6.45, 7) is 9.82. The summed E-state index contributed by atoms with van der Waals surface area (Å²) in [6, 6.07) is 6.74. The minimum atomic E-state index is -4.99. The van der Waals surface area contributed by atoms with Crippen molar-refractivity contribution in [3.63, 3.8) is 0 Å². The third-order valence-corrected chi connectivity index (χ3v) is 9.25. The van der Waals surface area contributed by atoms with Gasteiger partial charge in [0.15, 0.2) is 0 Å². The number of halogens is 7. The second kappa shape index (κ2) is 11.8. The van der Waals surface area contributed by atoms with E-state index >= 15 is 0 Å². The summed E-state index contributed by atoms with van der Waals surface area (Å²) in [5.41, 5.74) is -1.36. The van der Waals surface area contributed by atoms with E-state index in [1.165, 1.54) is 19.1 Å². The molecule has 5 rings (SSSR count). The van der Waals surface area contributed by atoms with E-state index in [1.807, 2.05) is 0 Å². The lowest BCUT2D eigenvalue weighted by atomic mass is 9.80. The molecule has 44 heavy (non-hydrogen) atoms. The number of nitrogens with zero attached hydrogens (tertiary/aromatic N) is 2. The van der Waals surface area contributed by atoms with Gasteiger partial charge in [0.05, 0.1) is 29.4 Å². The van der Waals surface area contributed by atoms with Crippen molar-refractivity contribution in [3.05, 3.63) is 82.2 Å². The molecule has 0 radical (unpaired) electrons. The van der Waals surface area contributed by atoms with E-state index in [-0.39, 0.29) is 42.0 Å². The van der Waals surface area contributed by atoms with Crippen molar-refractivity contribution in [2.75, 3.05) is 19.6 Å². The summed E-state index contributed by atoms with van der Waals surface area (Å²) >= 11 is 0. The highest BCUT2D eigenvalue weighted by Crippen LogP contribution is 2.45. The number of hydrogen-bond acceptors (Lipinski definition) is 3. The molecule has 0 spiro atoms. The molecule has 2 aromatic rings. The number of benzene rings is 2. The molecule has 11 heteroatoms. The summed E-state index contributed by atoms with van der Waals surface area (Å²) in [6.07, 6.45) is -7.75. The van der Waals surface area contributed by atoms with Gasteiger partial charge in [-0.15, -0.1) is 0 Å². The minimum absolute atomic E-state index is 0.0411. The van der Waals surface area contributed by atoms with Crippen LogP contribution in [0, 0.1) is 11.7 Å². The van der Waals surface area contributed by atoms with E-state index in [1.54, 1.807) is 17.0 Å². The molecule has 4 atom stereocenters. The lowest BCUT2D eigenvalue weighted by molar-refractivity contribution is -0.143. The Kier molecular flexibility index (Phi) is 8.70. The van der Waals surface area contributed by atoms with Crippen LogP contribution in [-0.2, 0) is 21.9 Å². The number of fused-ring (bicyclic) bond motifs is 1. The molecule has 0 bridgehead atoms. The van der Waals surface area contributed by atoms with E-state index in [9.17, 15) is 35.5 Å². The Balaban J connectivity index is 1.46. The predicted molar refractivity (Wildman–Crippen MR) is 151 cm³/mol. The fraction of sp³-hybridized carbons (Fsp3) is 0.545. The number of alkyl halides is 6. The molecule has 3 aliphatic heterocycles. The van der Waals surface area contributed by atoms with Gasteiger partial charge in [0.1, 0.15) is 5.82 Å². The Morgan fingerprint density at radius 3 is 1.98 bits per heavy atom. The first-order valence-corrected chi connectivity index (χ1v) is 14.9. The molecule has 2 unspecified atom stereocenters. The quantitative estimate of drug-likeness (QED) is 0.248. The van der Waals surface area contributed by atoms with Crippen LogP contribution < -0.4 is 0 Å². The maximum Gasteiger partial charge on any atom is 0.416 e. The molecule has 1 amide bonds. The van der Waals surface area contributed by atoms with Crippen molar-refractivity contribution in [2.45, 2.75) is 89.0 Å². The zero-order chi connectivity index (χ0) is 32.2. The van der Waals surface area contributed by atoms with Crippen LogP contribution >= 0.6 is 0 Å². The molecule has 0 saturated carbocycles. The highest BCUT2D eigenvalue weighted by atomic mass is 19.4. The van der Waals surface area contributed by atoms with Gasteiger partial charge in [-0.2, -0.15) is 26.3 Å². The normalized spacial score (nSPS) is 24.8. The van der Waals surface area contributed by atoms with E-state index in [4.69, 9.17) is 4.74 Å². The molecular weight excluding hydrogens is 589 g/mol. The highest BCUT2D eigenvalue weighted by Gasteiger charge is 2.48. The summed E-state index contributed by atoms with van der Waals surface area (Å²) in [5, 5.41) is 0. The topological polar surface area (TPSA) is 32.8 Å². The van der Waals surface area contributed by atoms with Gasteiger partial charge in [0.25, 0.3) is 0 Å². The first kappa shape index (κ1) is 32.5. The fourth-order valence-corrected chi connectivity index (χ4v) is 6.84. The highest BCUT2D eigenvalue weighted by molar-refractivity contribution is 5.81. The lowest BCUT2D eigenvalue weighted by Gasteiger charge is -2.42. The first-order valence-electron chi connectivity index (χ1n) is 14.9. The zero-order valence-corrected chi connectivity index (χ0v) is 25.1. The van der Waals surface area contributed by atoms with Gasteiger partial charge in [-0.25, -0.2) is 4.39 Å². The predicted octanol–water partition coefficient (Wildman–Crippen LogP) is 8.14. The molecule has 240 valence electrons. The Bertz CT molecular complexity index is 1350. The van der Waals surface area contributed by atoms with Crippen LogP contribution in [0.1, 0.15) is 81.2 Å². The van der Waals surface area contributed by atoms with E-state index in [2.05, 4.69) is 31.7 Å². The van der Waals surface area contributed by atoms with Crippen LogP contribution in [0.4, 0.5) is 30.7 Å². The molecule has 0 aliphatic carbocycles. The number of amides is 1. The van der Waals surface area contributed by atoms with Crippen molar-refractivity contribution in [1.82, 2.24) is 9.80 Å². The average Bonchev–Trinajstić information content (AvgIpc) is 3.30. The van der Waals surface area contributed by atoms with E-state index < -0.39 is 53.5 Å². The Labute approximate surface area is 252 Å². The van der Waals surface area contributed by atoms with Gasteiger partial charge in [-0.05, 0) is 101 Å². The fourth-order valence-electron chi connectivity index (χ4n) is 6.84. The van der Waals surface area contributed by atoms with E-state index in [0.717, 1.165) is 31.5 Å². The SMILES string of the molecule is C[C@@H](OC1CN2C(=O)CC(C3CCN(C(C)(C)C)CC3)=CC2[C@@H]1c1ccc(F)cc1)c1cc(C(F)(F)F)cc(C(F)(F)F)c1. The average molecular weight is 627 g/mol. The van der Waals surface area contributed by atoms with Crippen LogP contribution in [0.5, 0.6) is 0 Å². The minimum Gasteiger partial charge on any atom is -0.368 e. The van der Waals surface area contributed by atoms with E-state index in [0.29, 0.717) is 17.7 Å². The molecule has 3 heterocycles. The van der Waals surface area contributed by atoms with Crippen molar-refractivity contribution in [2.24, 2.45) is 5.92 Å². The van der Waals surface area contributed by atoms with Crippen molar-refractivity contribution < 1.29 is 40.3 Å². The number of hydrogen-bond donors (Lipinski definition) is 0. The Morgan fingerprint density at radius 1 is 0.886 bits per heavy atom. The summed E-state index contributed by atoms with van der Waals surface area (Å²) in [7, 11) is 0.